The highest BCUT2D eigenvalue weighted by molar-refractivity contribution is 7.10. The van der Waals surface area contributed by atoms with Gasteiger partial charge in [-0.3, -0.25) is 14.5 Å². The van der Waals surface area contributed by atoms with E-state index >= 15 is 0 Å². The molecule has 0 saturated carbocycles. The quantitative estimate of drug-likeness (QED) is 0.422. The van der Waals surface area contributed by atoms with Crippen molar-refractivity contribution in [2.75, 3.05) is 4.90 Å². The number of ketones is 1. The molecule has 0 radical (unpaired) electrons. The van der Waals surface area contributed by atoms with Crippen LogP contribution in [0.5, 0.6) is 0 Å². The second kappa shape index (κ2) is 6.48. The van der Waals surface area contributed by atoms with E-state index in [2.05, 4.69) is 5.16 Å². The molecule has 1 amide bonds. The molecule has 1 N–H and O–H groups in total. The molecule has 0 spiro atoms. The minimum Gasteiger partial charge on any atom is -0.507 e. The van der Waals surface area contributed by atoms with Crippen molar-refractivity contribution in [3.8, 4) is 0 Å². The van der Waals surface area contributed by atoms with E-state index in [-0.39, 0.29) is 22.7 Å². The van der Waals surface area contributed by atoms with Crippen LogP contribution in [-0.2, 0) is 9.59 Å². The summed E-state index contributed by atoms with van der Waals surface area (Å²) in [6.45, 7) is 1.67. The van der Waals surface area contributed by atoms with Crippen molar-refractivity contribution in [3.63, 3.8) is 0 Å². The lowest BCUT2D eigenvalue weighted by Crippen LogP contribution is -2.29. The molecule has 3 heterocycles. The average Bonchev–Trinajstić information content (AvgIpc) is 3.37. The lowest BCUT2D eigenvalue weighted by molar-refractivity contribution is -0.132. The summed E-state index contributed by atoms with van der Waals surface area (Å²) in [4.78, 5) is 27.3. The minimum absolute atomic E-state index is 0.0743. The number of hydrogen-bond donors (Lipinski definition) is 1. The van der Waals surface area contributed by atoms with Crippen LogP contribution < -0.4 is 4.90 Å². The number of aromatic nitrogens is 1. The number of anilines is 1. The van der Waals surface area contributed by atoms with Crippen molar-refractivity contribution in [2.24, 2.45) is 0 Å². The summed E-state index contributed by atoms with van der Waals surface area (Å²) in [5.74, 6) is -1.82. The smallest absolute Gasteiger partial charge is 0.301 e. The number of aliphatic hydroxyl groups excluding tert-OH is 1. The lowest BCUT2D eigenvalue weighted by Gasteiger charge is -2.21. The van der Waals surface area contributed by atoms with Crippen molar-refractivity contribution in [2.45, 2.75) is 13.0 Å². The maximum atomic E-state index is 13.2. The Bertz CT molecular complexity index is 1050. The molecule has 0 aliphatic carbocycles. The fourth-order valence-electron chi connectivity index (χ4n) is 3.01. The first-order valence-corrected chi connectivity index (χ1v) is 8.89. The van der Waals surface area contributed by atoms with E-state index in [4.69, 9.17) is 4.52 Å². The zero-order valence-corrected chi connectivity index (χ0v) is 14.9. The van der Waals surface area contributed by atoms with Gasteiger partial charge in [0, 0.05) is 16.5 Å². The number of rotatable bonds is 3. The van der Waals surface area contributed by atoms with E-state index in [1.54, 1.807) is 30.5 Å². The van der Waals surface area contributed by atoms with Crippen LogP contribution in [0.2, 0.25) is 0 Å². The normalized spacial score (nSPS) is 19.0. The number of halogens is 1. The van der Waals surface area contributed by atoms with E-state index in [1.165, 1.54) is 40.5 Å². The Kier molecular flexibility index (Phi) is 4.12. The molecule has 4 rings (SSSR count). The topological polar surface area (TPSA) is 83.6 Å². The van der Waals surface area contributed by atoms with E-state index in [9.17, 15) is 19.1 Å². The van der Waals surface area contributed by atoms with Crippen LogP contribution in [-0.4, -0.2) is 22.0 Å². The van der Waals surface area contributed by atoms with Crippen molar-refractivity contribution >= 4 is 34.6 Å². The zero-order valence-electron chi connectivity index (χ0n) is 14.0. The molecule has 27 heavy (non-hydrogen) atoms. The van der Waals surface area contributed by atoms with Gasteiger partial charge in [0.25, 0.3) is 5.78 Å². The molecule has 3 aromatic rings. The third kappa shape index (κ3) is 2.83. The molecule has 0 unspecified atom stereocenters. The molecule has 1 aliphatic rings. The van der Waals surface area contributed by atoms with Gasteiger partial charge in [-0.2, -0.15) is 0 Å². The number of benzene rings is 1. The molecular formula is C19H13FN2O4S. The Balaban J connectivity index is 1.92. The highest BCUT2D eigenvalue weighted by Gasteiger charge is 2.48. The van der Waals surface area contributed by atoms with E-state index < -0.39 is 23.5 Å². The number of aryl methyl sites for hydroxylation is 1. The third-order valence-corrected chi connectivity index (χ3v) is 5.16. The highest BCUT2D eigenvalue weighted by Crippen LogP contribution is 2.43. The molecule has 1 atom stereocenters. The summed E-state index contributed by atoms with van der Waals surface area (Å²) < 4.78 is 18.3. The average molecular weight is 384 g/mol. The monoisotopic (exact) mass is 384 g/mol. The Morgan fingerprint density at radius 3 is 2.59 bits per heavy atom. The summed E-state index contributed by atoms with van der Waals surface area (Å²) in [6, 6.07) is 9.29. The molecule has 1 fully saturated rings. The number of thiophene rings is 1. The van der Waals surface area contributed by atoms with Gasteiger partial charge in [-0.25, -0.2) is 4.39 Å². The van der Waals surface area contributed by atoms with Gasteiger partial charge in [0.05, 0.1) is 5.57 Å². The van der Waals surface area contributed by atoms with Gasteiger partial charge in [-0.1, -0.05) is 11.2 Å². The van der Waals surface area contributed by atoms with Crippen LogP contribution in [0.3, 0.4) is 0 Å². The summed E-state index contributed by atoms with van der Waals surface area (Å²) in [7, 11) is 0. The van der Waals surface area contributed by atoms with Crippen molar-refractivity contribution in [1.82, 2.24) is 5.16 Å². The van der Waals surface area contributed by atoms with Gasteiger partial charge >= 0.3 is 5.91 Å². The van der Waals surface area contributed by atoms with E-state index in [0.717, 1.165) is 0 Å². The molecule has 1 aromatic carbocycles. The number of carbonyl (C=O) groups is 2. The summed E-state index contributed by atoms with van der Waals surface area (Å²) >= 11 is 1.34. The summed E-state index contributed by atoms with van der Waals surface area (Å²) in [5.41, 5.74) is 0.169. The van der Waals surface area contributed by atoms with Crippen molar-refractivity contribution in [3.05, 3.63) is 75.4 Å². The lowest BCUT2D eigenvalue weighted by atomic mass is 10.00. The maximum Gasteiger partial charge on any atom is 0.301 e. The van der Waals surface area contributed by atoms with Crippen LogP contribution in [0.25, 0.3) is 5.76 Å². The Labute approximate surface area is 157 Å². The van der Waals surface area contributed by atoms with Crippen LogP contribution in [0, 0.1) is 12.7 Å². The number of aliphatic hydroxyl groups is 1. The number of carbonyl (C=O) groups excluding carboxylic acids is 2. The summed E-state index contributed by atoms with van der Waals surface area (Å²) in [6.07, 6.45) is 0. The van der Waals surface area contributed by atoms with Crippen molar-refractivity contribution < 1.29 is 23.6 Å². The van der Waals surface area contributed by atoms with Gasteiger partial charge < -0.3 is 9.63 Å². The second-order valence-electron chi connectivity index (χ2n) is 5.99. The van der Waals surface area contributed by atoms with Gasteiger partial charge in [-0.05, 0) is 42.6 Å². The van der Waals surface area contributed by atoms with Crippen LogP contribution in [0.15, 0.2) is 57.9 Å². The van der Waals surface area contributed by atoms with Crippen LogP contribution in [0.4, 0.5) is 10.2 Å². The standard InChI is InChI=1S/C19H13FN2O4S/c1-10-9-14(21-26-10)22-16(13-3-2-8-27-13)15(18(24)19(22)25)17(23)11-4-6-12(20)7-5-11/h2-9,16,23H,1H3/t16-/m1/s1. The number of nitrogens with zero attached hydrogens (tertiary/aromatic N) is 2. The first-order valence-electron chi connectivity index (χ1n) is 8.01. The fraction of sp³-hybridized carbons (Fsp3) is 0.105. The number of hydrogen-bond acceptors (Lipinski definition) is 6. The number of Topliss-reactive ketones (excluding diaryl/α,β-unsaturated/α-hetero) is 1. The Hall–Kier alpha value is -3.26. The molecule has 2 aromatic heterocycles. The van der Waals surface area contributed by atoms with E-state index in [1.807, 2.05) is 0 Å². The SMILES string of the molecule is Cc1cc(N2C(=O)C(=O)C(=C(O)c3ccc(F)cc3)[C@H]2c2cccs2)no1. The molecule has 8 heteroatoms. The minimum atomic E-state index is -0.848. The van der Waals surface area contributed by atoms with Gasteiger partial charge in [0.15, 0.2) is 5.82 Å². The Morgan fingerprint density at radius 1 is 1.26 bits per heavy atom. The van der Waals surface area contributed by atoms with Crippen LogP contribution in [0.1, 0.15) is 22.2 Å². The second-order valence-corrected chi connectivity index (χ2v) is 6.97. The molecule has 136 valence electrons. The molecule has 1 aliphatic heterocycles. The highest BCUT2D eigenvalue weighted by atomic mass is 32.1. The molecular weight excluding hydrogens is 371 g/mol. The van der Waals surface area contributed by atoms with E-state index in [0.29, 0.717) is 10.6 Å². The number of amides is 1. The first-order chi connectivity index (χ1) is 13.0. The first kappa shape index (κ1) is 17.2. The van der Waals surface area contributed by atoms with Gasteiger partial charge in [0.1, 0.15) is 23.4 Å². The third-order valence-electron chi connectivity index (χ3n) is 4.24. The predicted molar refractivity (Wildman–Crippen MR) is 96.7 cm³/mol. The summed E-state index contributed by atoms with van der Waals surface area (Å²) in [5, 5.41) is 16.4. The Morgan fingerprint density at radius 2 is 2.00 bits per heavy atom. The largest absolute Gasteiger partial charge is 0.507 e. The fourth-order valence-corrected chi connectivity index (χ4v) is 3.84. The van der Waals surface area contributed by atoms with Gasteiger partial charge in [0.2, 0.25) is 0 Å². The zero-order chi connectivity index (χ0) is 19.1. The predicted octanol–water partition coefficient (Wildman–Crippen LogP) is 3.81. The van der Waals surface area contributed by atoms with Crippen molar-refractivity contribution in [1.29, 1.82) is 0 Å². The van der Waals surface area contributed by atoms with Crippen LogP contribution >= 0.6 is 11.3 Å². The maximum absolute atomic E-state index is 13.2. The molecule has 6 nitrogen and oxygen atoms in total. The van der Waals surface area contributed by atoms with Gasteiger partial charge in [-0.15, -0.1) is 11.3 Å². The molecule has 0 bridgehead atoms. The molecule has 1 saturated heterocycles.